The number of imide groups is 1. The molecule has 4 heterocycles. The minimum absolute atomic E-state index is 0.191. The highest BCUT2D eigenvalue weighted by atomic mass is 16.6. The van der Waals surface area contributed by atoms with Crippen LogP contribution in [-0.2, 0) is 16.6 Å². The Balaban J connectivity index is 1.14. The van der Waals surface area contributed by atoms with E-state index in [1.54, 1.807) is 4.90 Å². The standard InChI is InChI=1S/C28H40N6O4/c1-28(2,3)38-27(37)33-14-7-19(8-15-33)18-32-12-9-20(10-13-32)21-5-6-22-23(17-21)31(4)30-25(22)34-16-11-24(35)29-26(34)36/h5-6,17,19-20H,7-16,18H2,1-4H3,(H,29,35,36). The monoisotopic (exact) mass is 524 g/mol. The first-order valence-electron chi connectivity index (χ1n) is 13.9. The van der Waals surface area contributed by atoms with Crippen molar-refractivity contribution in [3.8, 4) is 0 Å². The molecule has 206 valence electrons. The van der Waals surface area contributed by atoms with E-state index in [4.69, 9.17) is 4.74 Å². The molecule has 0 aliphatic carbocycles. The van der Waals surface area contributed by atoms with Crippen molar-refractivity contribution in [2.45, 2.75) is 64.4 Å². The molecule has 0 spiro atoms. The van der Waals surface area contributed by atoms with Crippen LogP contribution >= 0.6 is 0 Å². The number of aromatic nitrogens is 2. The first-order valence-corrected chi connectivity index (χ1v) is 13.9. The molecule has 1 aromatic heterocycles. The molecule has 1 aromatic carbocycles. The molecule has 0 saturated carbocycles. The number of benzene rings is 1. The van der Waals surface area contributed by atoms with Gasteiger partial charge in [0.05, 0.1) is 5.52 Å². The van der Waals surface area contributed by atoms with Crippen molar-refractivity contribution < 1.29 is 19.1 Å². The van der Waals surface area contributed by atoms with E-state index in [2.05, 4.69) is 33.5 Å². The summed E-state index contributed by atoms with van der Waals surface area (Å²) in [4.78, 5) is 42.2. The average Bonchev–Trinajstić information content (AvgIpc) is 3.19. The van der Waals surface area contributed by atoms with Crippen molar-refractivity contribution in [3.63, 3.8) is 0 Å². The minimum Gasteiger partial charge on any atom is -0.444 e. The van der Waals surface area contributed by atoms with Crippen LogP contribution in [0.2, 0.25) is 0 Å². The summed E-state index contributed by atoms with van der Waals surface area (Å²) in [6.45, 7) is 10.9. The maximum absolute atomic E-state index is 12.4. The zero-order chi connectivity index (χ0) is 27.0. The summed E-state index contributed by atoms with van der Waals surface area (Å²) in [6.07, 6.45) is 4.38. The Morgan fingerprint density at radius 3 is 2.42 bits per heavy atom. The number of piperidine rings is 2. The van der Waals surface area contributed by atoms with E-state index >= 15 is 0 Å². The van der Waals surface area contributed by atoms with Crippen LogP contribution in [0.3, 0.4) is 0 Å². The second-order valence-electron chi connectivity index (χ2n) is 12.0. The molecule has 4 amide bonds. The van der Waals surface area contributed by atoms with Crippen molar-refractivity contribution in [1.29, 1.82) is 0 Å². The SMILES string of the molecule is Cn1nc(N2CCC(=O)NC2=O)c2ccc(C3CCN(CC4CCN(C(=O)OC(C)(C)C)CC4)CC3)cc21. The normalized spacial score (nSPS) is 20.7. The number of amides is 4. The Kier molecular flexibility index (Phi) is 7.35. The quantitative estimate of drug-likeness (QED) is 0.652. The fourth-order valence-electron chi connectivity index (χ4n) is 5.91. The van der Waals surface area contributed by atoms with E-state index in [1.165, 1.54) is 5.56 Å². The van der Waals surface area contributed by atoms with Crippen LogP contribution in [0.5, 0.6) is 0 Å². The molecule has 10 nitrogen and oxygen atoms in total. The molecule has 3 fully saturated rings. The Bertz CT molecular complexity index is 1200. The number of fused-ring (bicyclic) bond motifs is 1. The van der Waals surface area contributed by atoms with Gasteiger partial charge in [0.15, 0.2) is 5.82 Å². The summed E-state index contributed by atoms with van der Waals surface area (Å²) in [6, 6.07) is 6.05. The summed E-state index contributed by atoms with van der Waals surface area (Å²) >= 11 is 0. The molecular weight excluding hydrogens is 484 g/mol. The van der Waals surface area contributed by atoms with Gasteiger partial charge in [0.2, 0.25) is 5.91 Å². The van der Waals surface area contributed by atoms with Crippen LogP contribution in [0.15, 0.2) is 18.2 Å². The van der Waals surface area contributed by atoms with E-state index in [1.807, 2.05) is 37.4 Å². The number of likely N-dealkylation sites (tertiary alicyclic amines) is 2. The van der Waals surface area contributed by atoms with Crippen LogP contribution in [0.25, 0.3) is 10.9 Å². The van der Waals surface area contributed by atoms with E-state index in [-0.39, 0.29) is 18.4 Å². The van der Waals surface area contributed by atoms with Gasteiger partial charge < -0.3 is 14.5 Å². The summed E-state index contributed by atoms with van der Waals surface area (Å²) in [5, 5.41) is 7.93. The average molecular weight is 525 g/mol. The predicted octanol–water partition coefficient (Wildman–Crippen LogP) is 3.85. The molecule has 5 rings (SSSR count). The maximum Gasteiger partial charge on any atom is 0.410 e. The number of carbonyl (C=O) groups excluding carboxylic acids is 3. The lowest BCUT2D eigenvalue weighted by atomic mass is 9.88. The molecule has 3 aliphatic rings. The zero-order valence-electron chi connectivity index (χ0n) is 23.0. The number of ether oxygens (including phenoxy) is 1. The third kappa shape index (κ3) is 5.80. The maximum atomic E-state index is 12.4. The van der Waals surface area contributed by atoms with E-state index < -0.39 is 11.6 Å². The predicted molar refractivity (Wildman–Crippen MR) is 145 cm³/mol. The van der Waals surface area contributed by atoms with Crippen LogP contribution < -0.4 is 10.2 Å². The largest absolute Gasteiger partial charge is 0.444 e. The number of anilines is 1. The van der Waals surface area contributed by atoms with Crippen LogP contribution in [-0.4, -0.2) is 82.5 Å². The summed E-state index contributed by atoms with van der Waals surface area (Å²) in [5.41, 5.74) is 1.87. The topological polar surface area (TPSA) is 100 Å². The highest BCUT2D eigenvalue weighted by Gasteiger charge is 2.30. The Labute approximate surface area is 224 Å². The van der Waals surface area contributed by atoms with Gasteiger partial charge in [-0.2, -0.15) is 5.10 Å². The Morgan fingerprint density at radius 2 is 1.76 bits per heavy atom. The first kappa shape index (κ1) is 26.5. The molecule has 0 radical (unpaired) electrons. The van der Waals surface area contributed by atoms with Gasteiger partial charge in [-0.05, 0) is 89.1 Å². The summed E-state index contributed by atoms with van der Waals surface area (Å²) in [7, 11) is 1.90. The minimum atomic E-state index is -0.451. The Hall–Kier alpha value is -3.14. The van der Waals surface area contributed by atoms with Gasteiger partial charge in [-0.25, -0.2) is 9.59 Å². The molecule has 38 heavy (non-hydrogen) atoms. The molecule has 0 atom stereocenters. The molecule has 3 aliphatic heterocycles. The van der Waals surface area contributed by atoms with Crippen molar-refractivity contribution in [2.75, 3.05) is 44.2 Å². The fourth-order valence-corrected chi connectivity index (χ4v) is 5.91. The van der Waals surface area contributed by atoms with Crippen LogP contribution in [0, 0.1) is 5.92 Å². The van der Waals surface area contributed by atoms with Gasteiger partial charge in [0.1, 0.15) is 5.60 Å². The number of urea groups is 1. The molecule has 10 heteroatoms. The second-order valence-corrected chi connectivity index (χ2v) is 12.0. The van der Waals surface area contributed by atoms with Crippen LogP contribution in [0.1, 0.15) is 64.4 Å². The van der Waals surface area contributed by atoms with E-state index in [9.17, 15) is 14.4 Å². The number of carbonyl (C=O) groups is 3. The molecule has 2 aromatic rings. The zero-order valence-corrected chi connectivity index (χ0v) is 23.0. The second kappa shape index (κ2) is 10.6. The highest BCUT2D eigenvalue weighted by molar-refractivity contribution is 6.08. The Morgan fingerprint density at radius 1 is 1.05 bits per heavy atom. The number of nitrogens with zero attached hydrogens (tertiary/aromatic N) is 5. The first-order chi connectivity index (χ1) is 18.1. The van der Waals surface area contributed by atoms with Crippen molar-refractivity contribution in [1.82, 2.24) is 24.9 Å². The third-order valence-electron chi connectivity index (χ3n) is 8.01. The number of rotatable bonds is 4. The number of hydrogen-bond acceptors (Lipinski definition) is 6. The number of nitrogens with one attached hydrogen (secondary N) is 1. The van der Waals surface area contributed by atoms with Gasteiger partial charge in [-0.15, -0.1) is 0 Å². The van der Waals surface area contributed by atoms with Gasteiger partial charge in [-0.3, -0.25) is 19.7 Å². The lowest BCUT2D eigenvalue weighted by Gasteiger charge is -2.38. The van der Waals surface area contributed by atoms with E-state index in [0.29, 0.717) is 24.2 Å². The summed E-state index contributed by atoms with van der Waals surface area (Å²) < 4.78 is 7.36. The molecule has 0 bridgehead atoms. The van der Waals surface area contributed by atoms with Crippen molar-refractivity contribution in [2.24, 2.45) is 13.0 Å². The lowest BCUT2D eigenvalue weighted by Crippen LogP contribution is -2.49. The number of hydrogen-bond donors (Lipinski definition) is 1. The third-order valence-corrected chi connectivity index (χ3v) is 8.01. The summed E-state index contributed by atoms with van der Waals surface area (Å²) in [5.74, 6) is 1.48. The van der Waals surface area contributed by atoms with Gasteiger partial charge >= 0.3 is 12.1 Å². The van der Waals surface area contributed by atoms with Gasteiger partial charge in [0, 0.05) is 45.0 Å². The number of aryl methyl sites for hydroxylation is 1. The van der Waals surface area contributed by atoms with Gasteiger partial charge in [0.25, 0.3) is 0 Å². The molecule has 3 saturated heterocycles. The molecule has 1 N–H and O–H groups in total. The lowest BCUT2D eigenvalue weighted by molar-refractivity contribution is -0.120. The molecular formula is C28H40N6O4. The molecule has 0 unspecified atom stereocenters. The van der Waals surface area contributed by atoms with Crippen molar-refractivity contribution in [3.05, 3.63) is 23.8 Å². The van der Waals surface area contributed by atoms with Crippen molar-refractivity contribution >= 4 is 34.8 Å². The van der Waals surface area contributed by atoms with Crippen LogP contribution in [0.4, 0.5) is 15.4 Å². The fraction of sp³-hybridized carbons (Fsp3) is 0.643. The highest BCUT2D eigenvalue weighted by Crippen LogP contribution is 2.34. The van der Waals surface area contributed by atoms with Gasteiger partial charge in [-0.1, -0.05) is 6.07 Å². The van der Waals surface area contributed by atoms with E-state index in [0.717, 1.165) is 69.3 Å². The smallest absolute Gasteiger partial charge is 0.410 e.